The van der Waals surface area contributed by atoms with E-state index in [1.807, 2.05) is 44.6 Å². The SMILES string of the molecule is CC(=O)C1C(=O)c2ccccc2OC12CCN(C(=O)OC(C)(C)C)CC2.CN(N)C(=O)OC(C)(C)C.Cc1nn(C)c2c1C1(CCNCC1)Oc1ccccc1-2. The van der Waals surface area contributed by atoms with Crippen LogP contribution in [0.1, 0.15) is 95.8 Å². The first kappa shape index (κ1) is 42.2. The molecule has 0 saturated carbocycles. The lowest BCUT2D eigenvalue weighted by atomic mass is 9.72. The molecule has 2 fully saturated rings. The molecule has 4 aliphatic rings. The van der Waals surface area contributed by atoms with Crippen molar-refractivity contribution in [1.82, 2.24) is 25.0 Å². The van der Waals surface area contributed by atoms with Crippen LogP contribution in [0.5, 0.6) is 11.5 Å². The third kappa shape index (κ3) is 9.18. The number of amides is 2. The van der Waals surface area contributed by atoms with Gasteiger partial charge in [0.25, 0.3) is 0 Å². The lowest BCUT2D eigenvalue weighted by Gasteiger charge is -2.47. The lowest BCUT2D eigenvalue weighted by molar-refractivity contribution is -0.129. The first-order chi connectivity index (χ1) is 26.2. The first-order valence-electron chi connectivity index (χ1n) is 19.2. The molecule has 14 nitrogen and oxygen atoms in total. The molecule has 1 aromatic heterocycles. The van der Waals surface area contributed by atoms with E-state index in [1.54, 1.807) is 43.9 Å². The Morgan fingerprint density at radius 1 is 0.875 bits per heavy atom. The van der Waals surface area contributed by atoms with Crippen molar-refractivity contribution in [2.45, 2.75) is 103 Å². The van der Waals surface area contributed by atoms with Crippen LogP contribution in [0.3, 0.4) is 0 Å². The standard InChI is InChI=1S/C20H25NO5.C16H19N3O.C6H14N2O2/c1-13(22)16-17(23)14-7-5-6-8-15(14)25-20(16)9-11-21(12-10-20)18(24)26-19(2,3)4;1-11-14-15(19(2)18-11)12-5-3-4-6-13(12)20-16(14)7-9-17-10-8-16;1-6(2,3)10-5(9)8(4)7/h5-8,16H,9-12H2,1-4H3;3-6,17H,7-10H2,1-2H3;7H2,1-4H3. The molecule has 0 aliphatic carbocycles. The molecule has 14 heteroatoms. The molecule has 1 unspecified atom stereocenters. The van der Waals surface area contributed by atoms with Crippen molar-refractivity contribution >= 4 is 23.8 Å². The monoisotopic (exact) mass is 774 g/mol. The van der Waals surface area contributed by atoms with Crippen LogP contribution in [0, 0.1) is 12.8 Å². The van der Waals surface area contributed by atoms with Crippen LogP contribution in [-0.2, 0) is 26.9 Å². The number of aryl methyl sites for hydroxylation is 2. The van der Waals surface area contributed by atoms with Gasteiger partial charge in [-0.25, -0.2) is 20.4 Å². The molecule has 304 valence electrons. The molecule has 4 aliphatic heterocycles. The summed E-state index contributed by atoms with van der Waals surface area (Å²) in [6, 6.07) is 15.3. The highest BCUT2D eigenvalue weighted by molar-refractivity contribution is 6.13. The average Bonchev–Trinajstić information content (AvgIpc) is 3.42. The second kappa shape index (κ2) is 16.3. The molecular formula is C42H58N6O8. The number of carbonyl (C=O) groups is 4. The fourth-order valence-corrected chi connectivity index (χ4v) is 7.81. The van der Waals surface area contributed by atoms with Gasteiger partial charge in [0.05, 0.1) is 17.0 Å². The van der Waals surface area contributed by atoms with Crippen molar-refractivity contribution in [1.29, 1.82) is 0 Å². The number of hydrogen-bond donors (Lipinski definition) is 2. The van der Waals surface area contributed by atoms with Crippen molar-refractivity contribution in [3.05, 3.63) is 65.4 Å². The molecule has 0 radical (unpaired) electrons. The minimum Gasteiger partial charge on any atom is -0.485 e. The quantitative estimate of drug-likeness (QED) is 0.123. The Bertz CT molecular complexity index is 1930. The Balaban J connectivity index is 0.000000177. The summed E-state index contributed by atoms with van der Waals surface area (Å²) in [5.74, 6) is 5.38. The Kier molecular flexibility index (Phi) is 12.3. The maximum atomic E-state index is 12.9. The Labute approximate surface area is 329 Å². The van der Waals surface area contributed by atoms with Crippen LogP contribution in [0.4, 0.5) is 9.59 Å². The predicted molar refractivity (Wildman–Crippen MR) is 211 cm³/mol. The molecule has 1 atom stereocenters. The Morgan fingerprint density at radius 2 is 1.41 bits per heavy atom. The van der Waals surface area contributed by atoms with E-state index in [0.717, 1.165) is 47.9 Å². The van der Waals surface area contributed by atoms with Gasteiger partial charge < -0.3 is 29.2 Å². The summed E-state index contributed by atoms with van der Waals surface area (Å²) in [5, 5.41) is 9.00. The van der Waals surface area contributed by atoms with Crippen LogP contribution >= 0.6 is 0 Å². The molecule has 0 bridgehead atoms. The number of ketones is 2. The van der Waals surface area contributed by atoms with E-state index in [4.69, 9.17) is 24.8 Å². The van der Waals surface area contributed by atoms with Gasteiger partial charge in [0.1, 0.15) is 45.6 Å². The van der Waals surface area contributed by atoms with Gasteiger partial charge in [-0.15, -0.1) is 0 Å². The summed E-state index contributed by atoms with van der Waals surface area (Å²) in [7, 11) is 3.47. The van der Waals surface area contributed by atoms with Gasteiger partial charge in [0.2, 0.25) is 0 Å². The van der Waals surface area contributed by atoms with E-state index in [1.165, 1.54) is 25.2 Å². The second-order valence-corrected chi connectivity index (χ2v) is 16.9. The molecule has 2 aromatic carbocycles. The molecule has 2 saturated heterocycles. The second-order valence-electron chi connectivity index (χ2n) is 16.9. The third-order valence-corrected chi connectivity index (χ3v) is 10.1. The van der Waals surface area contributed by atoms with Crippen molar-refractivity contribution in [2.75, 3.05) is 33.2 Å². The van der Waals surface area contributed by atoms with Crippen LogP contribution < -0.4 is 20.6 Å². The Morgan fingerprint density at radius 3 is 1.93 bits per heavy atom. The number of fused-ring (bicyclic) bond motifs is 5. The van der Waals surface area contributed by atoms with Gasteiger partial charge in [-0.2, -0.15) is 5.10 Å². The number of rotatable bonds is 1. The summed E-state index contributed by atoms with van der Waals surface area (Å²) in [6.07, 6.45) is 1.93. The van der Waals surface area contributed by atoms with Gasteiger partial charge in [-0.1, -0.05) is 24.3 Å². The van der Waals surface area contributed by atoms with Crippen LogP contribution in [-0.4, -0.2) is 93.5 Å². The average molecular weight is 775 g/mol. The van der Waals surface area contributed by atoms with E-state index >= 15 is 0 Å². The number of aromatic nitrogens is 2. The molecule has 2 spiro atoms. The number of carbonyl (C=O) groups excluding carboxylic acids is 4. The van der Waals surface area contributed by atoms with Gasteiger partial charge in [0, 0.05) is 64.0 Å². The molecule has 2 amide bonds. The number of hydrazine groups is 1. The van der Waals surface area contributed by atoms with E-state index in [-0.39, 0.29) is 23.3 Å². The topological polar surface area (TPSA) is 168 Å². The van der Waals surface area contributed by atoms with Crippen molar-refractivity contribution < 1.29 is 38.1 Å². The summed E-state index contributed by atoms with van der Waals surface area (Å²) in [5.41, 5.74) is 3.10. The van der Waals surface area contributed by atoms with E-state index in [2.05, 4.69) is 35.5 Å². The van der Waals surface area contributed by atoms with Crippen LogP contribution in [0.15, 0.2) is 48.5 Å². The summed E-state index contributed by atoms with van der Waals surface area (Å²) >= 11 is 0. The third-order valence-electron chi connectivity index (χ3n) is 10.1. The number of para-hydroxylation sites is 2. The van der Waals surface area contributed by atoms with E-state index in [9.17, 15) is 19.2 Å². The summed E-state index contributed by atoms with van der Waals surface area (Å²) < 4.78 is 25.0. The minimum absolute atomic E-state index is 0.190. The number of nitrogens with two attached hydrogens (primary N) is 1. The normalized spacial score (nSPS) is 18.9. The summed E-state index contributed by atoms with van der Waals surface area (Å²) in [6.45, 7) is 17.1. The predicted octanol–water partition coefficient (Wildman–Crippen LogP) is 6.33. The van der Waals surface area contributed by atoms with E-state index < -0.39 is 28.8 Å². The zero-order valence-electron chi connectivity index (χ0n) is 34.5. The van der Waals surface area contributed by atoms with Gasteiger partial charge in [-0.3, -0.25) is 14.3 Å². The van der Waals surface area contributed by atoms with Crippen LogP contribution in [0.25, 0.3) is 11.3 Å². The molecular weight excluding hydrogens is 716 g/mol. The fourth-order valence-electron chi connectivity index (χ4n) is 7.81. The zero-order chi connectivity index (χ0) is 41.2. The fraction of sp³-hybridized carbons (Fsp3) is 0.548. The minimum atomic E-state index is -0.893. The van der Waals surface area contributed by atoms with Crippen molar-refractivity contribution in [2.24, 2.45) is 18.8 Å². The number of nitrogens with one attached hydrogen (secondary N) is 1. The zero-order valence-corrected chi connectivity index (χ0v) is 34.5. The lowest BCUT2D eigenvalue weighted by Crippen LogP contribution is -2.59. The van der Waals surface area contributed by atoms with E-state index in [0.29, 0.717) is 37.2 Å². The number of hydrogen-bond acceptors (Lipinski definition) is 11. The number of piperidine rings is 2. The maximum Gasteiger partial charge on any atom is 0.424 e. The van der Waals surface area contributed by atoms with Crippen molar-refractivity contribution in [3.63, 3.8) is 0 Å². The van der Waals surface area contributed by atoms with Gasteiger partial charge >= 0.3 is 12.2 Å². The smallest absolute Gasteiger partial charge is 0.424 e. The number of Topliss-reactive ketones (excluding diaryl/α,β-unsaturated/α-hetero) is 2. The van der Waals surface area contributed by atoms with Gasteiger partial charge in [0.15, 0.2) is 5.78 Å². The van der Waals surface area contributed by atoms with Crippen molar-refractivity contribution in [3.8, 4) is 22.8 Å². The largest absolute Gasteiger partial charge is 0.485 e. The van der Waals surface area contributed by atoms with Gasteiger partial charge in [-0.05, 0) is 92.7 Å². The number of likely N-dealkylation sites (tertiary alicyclic amines) is 1. The number of benzene rings is 2. The summed E-state index contributed by atoms with van der Waals surface area (Å²) in [4.78, 5) is 49.9. The highest BCUT2D eigenvalue weighted by Gasteiger charge is 2.54. The highest BCUT2D eigenvalue weighted by atomic mass is 16.6. The van der Waals surface area contributed by atoms with Crippen LogP contribution in [0.2, 0.25) is 0 Å². The number of nitrogens with zero attached hydrogens (tertiary/aromatic N) is 4. The molecule has 5 heterocycles. The Hall–Kier alpha value is -4.95. The molecule has 7 rings (SSSR count). The molecule has 56 heavy (non-hydrogen) atoms. The molecule has 3 N–H and O–H groups in total. The molecule has 3 aromatic rings. The highest BCUT2D eigenvalue weighted by Crippen LogP contribution is 2.50. The maximum absolute atomic E-state index is 12.9. The first-order valence-corrected chi connectivity index (χ1v) is 19.2. The number of ether oxygens (including phenoxy) is 4.